The van der Waals surface area contributed by atoms with Gasteiger partial charge >= 0.3 is 5.97 Å². The van der Waals surface area contributed by atoms with Crippen LogP contribution in [0.1, 0.15) is 25.5 Å². The monoisotopic (exact) mass is 354 g/mol. The number of carboxylic acid groups (broad SMARTS) is 1. The zero-order chi connectivity index (χ0) is 14.7. The second kappa shape index (κ2) is 6.45. The molecule has 106 valence electrons. The minimum atomic E-state index is -0.829. The lowest BCUT2D eigenvalue weighted by Gasteiger charge is -2.06. The highest BCUT2D eigenvalue weighted by Gasteiger charge is 2.13. The molecule has 6 heteroatoms. The number of carboxylic acids is 1. The van der Waals surface area contributed by atoms with Gasteiger partial charge in [-0.3, -0.25) is 4.79 Å². The molecule has 1 aromatic carbocycles. The van der Waals surface area contributed by atoms with E-state index in [4.69, 9.17) is 5.11 Å². The molecule has 0 saturated heterocycles. The fourth-order valence-corrected chi connectivity index (χ4v) is 2.68. The van der Waals surface area contributed by atoms with Gasteiger partial charge in [0.05, 0.1) is 17.1 Å². The number of aliphatic carboxylic acids is 1. The molecule has 0 aliphatic heterocycles. The first-order valence-corrected chi connectivity index (χ1v) is 7.95. The molecular weight excluding hydrogens is 340 g/mol. The van der Waals surface area contributed by atoms with Crippen LogP contribution in [0.4, 0.5) is 0 Å². The van der Waals surface area contributed by atoms with E-state index in [0.29, 0.717) is 5.92 Å². The lowest BCUT2D eigenvalue weighted by Crippen LogP contribution is -2.02. The van der Waals surface area contributed by atoms with Crippen LogP contribution in [0.3, 0.4) is 0 Å². The Kier molecular flexibility index (Phi) is 4.88. The van der Waals surface area contributed by atoms with Crippen LogP contribution in [0.15, 0.2) is 39.8 Å². The molecular formula is C14H15BrN2O2S. The number of hydrogen-bond donors (Lipinski definition) is 1. The van der Waals surface area contributed by atoms with Crippen molar-refractivity contribution in [1.82, 2.24) is 9.78 Å². The van der Waals surface area contributed by atoms with Crippen molar-refractivity contribution in [2.45, 2.75) is 24.8 Å². The third-order valence-corrected chi connectivity index (χ3v) is 4.21. The Balaban J connectivity index is 2.38. The van der Waals surface area contributed by atoms with Crippen LogP contribution in [-0.4, -0.2) is 26.6 Å². The summed E-state index contributed by atoms with van der Waals surface area (Å²) in [6.45, 7) is 4.14. The largest absolute Gasteiger partial charge is 0.481 e. The Labute approximate surface area is 130 Å². The molecule has 0 unspecified atom stereocenters. The smallest absolute Gasteiger partial charge is 0.313 e. The average Bonchev–Trinajstić information content (AvgIpc) is 2.81. The maximum atomic E-state index is 10.7. The minimum Gasteiger partial charge on any atom is -0.481 e. The predicted molar refractivity (Wildman–Crippen MR) is 83.7 cm³/mol. The van der Waals surface area contributed by atoms with E-state index in [1.807, 2.05) is 30.3 Å². The van der Waals surface area contributed by atoms with Gasteiger partial charge in [-0.05, 0) is 36.2 Å². The summed E-state index contributed by atoms with van der Waals surface area (Å²) in [4.78, 5) is 10.7. The van der Waals surface area contributed by atoms with Crippen molar-refractivity contribution in [3.8, 4) is 5.69 Å². The number of thioether (sulfide) groups is 1. The lowest BCUT2D eigenvalue weighted by molar-refractivity contribution is -0.133. The average molecular weight is 355 g/mol. The van der Waals surface area contributed by atoms with Crippen molar-refractivity contribution < 1.29 is 9.90 Å². The summed E-state index contributed by atoms with van der Waals surface area (Å²) in [5, 5.41) is 14.3. The Morgan fingerprint density at radius 2 is 2.05 bits per heavy atom. The topological polar surface area (TPSA) is 55.1 Å². The van der Waals surface area contributed by atoms with Crippen molar-refractivity contribution in [3.63, 3.8) is 0 Å². The third-order valence-electron chi connectivity index (χ3n) is 2.70. The van der Waals surface area contributed by atoms with Crippen molar-refractivity contribution in [2.24, 2.45) is 0 Å². The number of benzene rings is 1. The maximum Gasteiger partial charge on any atom is 0.313 e. The molecule has 4 nitrogen and oxygen atoms in total. The number of halogens is 1. The highest BCUT2D eigenvalue weighted by Crippen LogP contribution is 2.26. The summed E-state index contributed by atoms with van der Waals surface area (Å²) < 4.78 is 2.80. The van der Waals surface area contributed by atoms with Gasteiger partial charge in [-0.15, -0.1) is 0 Å². The minimum absolute atomic E-state index is 0.0275. The molecule has 1 aromatic heterocycles. The maximum absolute atomic E-state index is 10.7. The van der Waals surface area contributed by atoms with Crippen LogP contribution in [0.5, 0.6) is 0 Å². The number of rotatable bonds is 5. The second-order valence-corrected chi connectivity index (χ2v) is 6.54. The first kappa shape index (κ1) is 15.1. The molecule has 0 amide bonds. The highest BCUT2D eigenvalue weighted by atomic mass is 79.9. The van der Waals surface area contributed by atoms with E-state index < -0.39 is 5.97 Å². The molecule has 1 N–H and O–H groups in total. The van der Waals surface area contributed by atoms with E-state index in [1.54, 1.807) is 4.68 Å². The van der Waals surface area contributed by atoms with Crippen LogP contribution in [0.25, 0.3) is 5.69 Å². The number of carbonyl (C=O) groups is 1. The quantitative estimate of drug-likeness (QED) is 0.826. The van der Waals surface area contributed by atoms with Gasteiger partial charge in [0.25, 0.3) is 0 Å². The van der Waals surface area contributed by atoms with Gasteiger partial charge in [0.15, 0.2) is 0 Å². The summed E-state index contributed by atoms with van der Waals surface area (Å²) in [6, 6.07) is 9.74. The van der Waals surface area contributed by atoms with Gasteiger partial charge in [0.2, 0.25) is 0 Å². The van der Waals surface area contributed by atoms with Crippen molar-refractivity contribution in [3.05, 3.63) is 40.5 Å². The molecule has 2 aromatic rings. The zero-order valence-electron chi connectivity index (χ0n) is 11.2. The van der Waals surface area contributed by atoms with Gasteiger partial charge in [0.1, 0.15) is 5.03 Å². The third kappa shape index (κ3) is 3.64. The van der Waals surface area contributed by atoms with Crippen molar-refractivity contribution >= 4 is 33.7 Å². The Hall–Kier alpha value is -1.27. The van der Waals surface area contributed by atoms with Crippen LogP contribution in [0.2, 0.25) is 0 Å². The first-order chi connectivity index (χ1) is 9.47. The van der Waals surface area contributed by atoms with E-state index in [9.17, 15) is 4.79 Å². The lowest BCUT2D eigenvalue weighted by atomic mass is 10.1. The number of nitrogens with zero attached hydrogens (tertiary/aromatic N) is 2. The molecule has 0 fully saturated rings. The highest BCUT2D eigenvalue weighted by molar-refractivity contribution is 9.10. The Bertz CT molecular complexity index is 608. The van der Waals surface area contributed by atoms with Gasteiger partial charge in [-0.2, -0.15) is 5.10 Å². The summed E-state index contributed by atoms with van der Waals surface area (Å²) in [6.07, 6.45) is 0. The summed E-state index contributed by atoms with van der Waals surface area (Å²) in [5.41, 5.74) is 1.88. The normalized spacial score (nSPS) is 11.0. The van der Waals surface area contributed by atoms with Crippen LogP contribution in [-0.2, 0) is 4.79 Å². The Morgan fingerprint density at radius 3 is 2.60 bits per heavy atom. The molecule has 0 atom stereocenters. The molecule has 0 radical (unpaired) electrons. The van der Waals surface area contributed by atoms with Crippen LogP contribution < -0.4 is 0 Å². The van der Waals surface area contributed by atoms with Crippen LogP contribution >= 0.6 is 27.7 Å². The van der Waals surface area contributed by atoms with Gasteiger partial charge in [0, 0.05) is 4.47 Å². The Morgan fingerprint density at radius 1 is 1.40 bits per heavy atom. The standard InChI is InChI=1S/C14H15BrN2O2S/c1-9(2)12-7-13(20-8-14(18)19)17(16-12)11-5-3-10(15)4-6-11/h3-7,9H,8H2,1-2H3,(H,18,19). The van der Waals surface area contributed by atoms with Crippen LogP contribution in [0, 0.1) is 0 Å². The summed E-state index contributed by atoms with van der Waals surface area (Å²) in [7, 11) is 0. The summed E-state index contributed by atoms with van der Waals surface area (Å²) in [5.74, 6) is -0.500. The van der Waals surface area contributed by atoms with Gasteiger partial charge < -0.3 is 5.11 Å². The van der Waals surface area contributed by atoms with Crippen molar-refractivity contribution in [1.29, 1.82) is 0 Å². The first-order valence-electron chi connectivity index (χ1n) is 6.18. The SMILES string of the molecule is CC(C)c1cc(SCC(=O)O)n(-c2ccc(Br)cc2)n1. The van der Waals surface area contributed by atoms with E-state index in [1.165, 1.54) is 11.8 Å². The van der Waals surface area contributed by atoms with E-state index >= 15 is 0 Å². The zero-order valence-corrected chi connectivity index (χ0v) is 13.6. The van der Waals surface area contributed by atoms with Gasteiger partial charge in [-0.1, -0.05) is 41.5 Å². The molecule has 0 bridgehead atoms. The molecule has 2 rings (SSSR count). The number of aromatic nitrogens is 2. The van der Waals surface area contributed by atoms with E-state index in [-0.39, 0.29) is 5.75 Å². The van der Waals surface area contributed by atoms with Gasteiger partial charge in [-0.25, -0.2) is 4.68 Å². The molecule has 0 spiro atoms. The summed E-state index contributed by atoms with van der Waals surface area (Å²) >= 11 is 4.68. The second-order valence-electron chi connectivity index (χ2n) is 4.63. The van der Waals surface area contributed by atoms with Crippen molar-refractivity contribution in [2.75, 3.05) is 5.75 Å². The molecule has 1 heterocycles. The molecule has 0 aliphatic carbocycles. The van der Waals surface area contributed by atoms with E-state index in [2.05, 4.69) is 34.9 Å². The fourth-order valence-electron chi connectivity index (χ4n) is 1.67. The molecule has 0 saturated carbocycles. The molecule has 20 heavy (non-hydrogen) atoms. The predicted octanol–water partition coefficient (Wildman–Crippen LogP) is 3.93. The van der Waals surface area contributed by atoms with E-state index in [0.717, 1.165) is 20.9 Å². The molecule has 0 aliphatic rings. The number of hydrogen-bond acceptors (Lipinski definition) is 3. The fraction of sp³-hybridized carbons (Fsp3) is 0.286.